The third-order valence-corrected chi connectivity index (χ3v) is 5.26. The van der Waals surface area contributed by atoms with E-state index < -0.39 is 0 Å². The molecule has 0 saturated heterocycles. The van der Waals surface area contributed by atoms with Crippen molar-refractivity contribution in [3.8, 4) is 0 Å². The fourth-order valence-corrected chi connectivity index (χ4v) is 4.13. The molecule has 0 aliphatic heterocycles. The Kier molecular flexibility index (Phi) is 3.49. The average Bonchev–Trinajstić information content (AvgIpc) is 2.92. The van der Waals surface area contributed by atoms with Crippen molar-refractivity contribution in [2.24, 2.45) is 5.73 Å². The number of fused-ring (bicyclic) bond motifs is 3. The van der Waals surface area contributed by atoms with Gasteiger partial charge in [-0.25, -0.2) is 0 Å². The molecule has 0 radical (unpaired) electrons. The fraction of sp³-hybridized carbons (Fsp3) is 0.211. The van der Waals surface area contributed by atoms with Crippen molar-refractivity contribution in [3.05, 3.63) is 69.3 Å². The van der Waals surface area contributed by atoms with E-state index in [-0.39, 0.29) is 11.8 Å². The van der Waals surface area contributed by atoms with Gasteiger partial charge in [-0.2, -0.15) is 0 Å². The molecule has 0 spiro atoms. The highest BCUT2D eigenvalue weighted by Crippen LogP contribution is 2.41. The predicted octanol–water partition coefficient (Wildman–Crippen LogP) is 4.50. The highest BCUT2D eigenvalue weighted by Gasteiger charge is 2.27. The summed E-state index contributed by atoms with van der Waals surface area (Å²) in [6.07, 6.45) is 3.22. The highest BCUT2D eigenvalue weighted by molar-refractivity contribution is 9.10. The van der Waals surface area contributed by atoms with Gasteiger partial charge < -0.3 is 10.7 Å². The van der Waals surface area contributed by atoms with E-state index in [2.05, 4.69) is 39.1 Å². The zero-order valence-corrected chi connectivity index (χ0v) is 14.2. The van der Waals surface area contributed by atoms with Crippen molar-refractivity contribution in [1.82, 2.24) is 4.98 Å². The number of halogens is 1. The molecule has 0 saturated carbocycles. The lowest BCUT2D eigenvalue weighted by molar-refractivity contribution is 0.0999. The molecule has 0 fully saturated rings. The molecule has 3 nitrogen and oxygen atoms in total. The lowest BCUT2D eigenvalue weighted by atomic mass is 9.80. The highest BCUT2D eigenvalue weighted by atomic mass is 79.9. The van der Waals surface area contributed by atoms with E-state index in [4.69, 9.17) is 5.73 Å². The summed E-state index contributed by atoms with van der Waals surface area (Å²) in [5.41, 5.74) is 11.0. The molecule has 4 heteroatoms. The first-order chi connectivity index (χ1) is 11.1. The van der Waals surface area contributed by atoms with Gasteiger partial charge in [0.15, 0.2) is 0 Å². The van der Waals surface area contributed by atoms with E-state index in [1.807, 2.05) is 24.3 Å². The van der Waals surface area contributed by atoms with Crippen molar-refractivity contribution in [2.45, 2.75) is 25.2 Å². The lowest BCUT2D eigenvalue weighted by Gasteiger charge is -2.24. The van der Waals surface area contributed by atoms with Gasteiger partial charge in [-0.3, -0.25) is 4.79 Å². The number of carbonyl (C=O) groups is 1. The van der Waals surface area contributed by atoms with Gasteiger partial charge in [-0.1, -0.05) is 34.1 Å². The van der Waals surface area contributed by atoms with Crippen LogP contribution in [-0.4, -0.2) is 10.9 Å². The molecule has 1 aromatic heterocycles. The standard InChI is InChI=1S/C19H17BrN2O/c20-11-8-9-17-16(10-11)14-7-3-6-13(18(14)22-17)12-4-1-2-5-15(12)19(21)23/h1-2,4-5,8-10,13,22H,3,6-7H2,(H2,21,23)/t13-/m1/s1. The monoisotopic (exact) mass is 368 g/mol. The van der Waals surface area contributed by atoms with E-state index in [1.54, 1.807) is 0 Å². The summed E-state index contributed by atoms with van der Waals surface area (Å²) < 4.78 is 1.09. The van der Waals surface area contributed by atoms with E-state index in [1.165, 1.54) is 16.6 Å². The van der Waals surface area contributed by atoms with Crippen LogP contribution in [0.1, 0.15) is 45.9 Å². The van der Waals surface area contributed by atoms with E-state index in [0.717, 1.165) is 34.8 Å². The Morgan fingerprint density at radius 1 is 1.22 bits per heavy atom. The molecule has 1 atom stereocenters. The number of amides is 1. The summed E-state index contributed by atoms with van der Waals surface area (Å²) in [6, 6.07) is 14.0. The summed E-state index contributed by atoms with van der Waals surface area (Å²) in [7, 11) is 0. The van der Waals surface area contributed by atoms with Crippen LogP contribution in [-0.2, 0) is 6.42 Å². The normalized spacial score (nSPS) is 17.2. The van der Waals surface area contributed by atoms with Crippen LogP contribution in [0.5, 0.6) is 0 Å². The maximum atomic E-state index is 11.8. The Morgan fingerprint density at radius 2 is 2.04 bits per heavy atom. The van der Waals surface area contributed by atoms with Crippen LogP contribution >= 0.6 is 15.9 Å². The maximum Gasteiger partial charge on any atom is 0.248 e. The molecule has 0 unspecified atom stereocenters. The molecule has 116 valence electrons. The van der Waals surface area contributed by atoms with Crippen LogP contribution < -0.4 is 5.73 Å². The zero-order chi connectivity index (χ0) is 16.0. The second-order valence-corrected chi connectivity index (χ2v) is 7.02. The number of carbonyl (C=O) groups excluding carboxylic acids is 1. The predicted molar refractivity (Wildman–Crippen MR) is 95.7 cm³/mol. The first-order valence-corrected chi connectivity index (χ1v) is 8.63. The second kappa shape index (κ2) is 5.53. The number of primary amides is 1. The van der Waals surface area contributed by atoms with Crippen molar-refractivity contribution >= 4 is 32.7 Å². The van der Waals surface area contributed by atoms with Gasteiger partial charge in [-0.15, -0.1) is 0 Å². The number of aromatic amines is 1. The smallest absolute Gasteiger partial charge is 0.248 e. The van der Waals surface area contributed by atoms with E-state index in [0.29, 0.717) is 5.56 Å². The Morgan fingerprint density at radius 3 is 2.87 bits per heavy atom. The van der Waals surface area contributed by atoms with Crippen LogP contribution in [0.2, 0.25) is 0 Å². The third-order valence-electron chi connectivity index (χ3n) is 4.77. The number of aryl methyl sites for hydroxylation is 1. The summed E-state index contributed by atoms with van der Waals surface area (Å²) >= 11 is 3.56. The minimum atomic E-state index is -0.355. The number of benzene rings is 2. The average molecular weight is 369 g/mol. The summed E-state index contributed by atoms with van der Waals surface area (Å²) in [5, 5.41) is 1.27. The van der Waals surface area contributed by atoms with Gasteiger partial charge in [0.25, 0.3) is 0 Å². The van der Waals surface area contributed by atoms with E-state index >= 15 is 0 Å². The number of rotatable bonds is 2. The summed E-state index contributed by atoms with van der Waals surface area (Å²) in [5.74, 6) is -0.153. The molecule has 23 heavy (non-hydrogen) atoms. The minimum Gasteiger partial charge on any atom is -0.366 e. The minimum absolute atomic E-state index is 0.202. The maximum absolute atomic E-state index is 11.8. The summed E-state index contributed by atoms with van der Waals surface area (Å²) in [6.45, 7) is 0. The number of nitrogens with two attached hydrogens (primary N) is 1. The first kappa shape index (κ1) is 14.5. The molecule has 1 aliphatic rings. The van der Waals surface area contributed by atoms with Crippen LogP contribution in [0.4, 0.5) is 0 Å². The molecule has 0 bridgehead atoms. The Hall–Kier alpha value is -2.07. The van der Waals surface area contributed by atoms with Gasteiger partial charge in [0.2, 0.25) is 5.91 Å². The van der Waals surface area contributed by atoms with Gasteiger partial charge >= 0.3 is 0 Å². The molecule has 1 amide bonds. The number of H-pyrrole nitrogens is 1. The molecule has 1 heterocycles. The SMILES string of the molecule is NC(=O)c1ccccc1[C@H]1CCCc2c1[nH]c1ccc(Br)cc21. The topological polar surface area (TPSA) is 58.9 Å². The molecular weight excluding hydrogens is 352 g/mol. The first-order valence-electron chi connectivity index (χ1n) is 7.84. The molecule has 1 aliphatic carbocycles. The van der Waals surface area contributed by atoms with Gasteiger partial charge in [0, 0.05) is 32.6 Å². The summed E-state index contributed by atoms with van der Waals surface area (Å²) in [4.78, 5) is 15.4. The third kappa shape index (κ3) is 2.38. The van der Waals surface area contributed by atoms with Gasteiger partial charge in [0.1, 0.15) is 0 Å². The number of hydrogen-bond acceptors (Lipinski definition) is 1. The molecule has 3 N–H and O–H groups in total. The fourth-order valence-electron chi connectivity index (χ4n) is 3.77. The molecular formula is C19H17BrN2O. The largest absolute Gasteiger partial charge is 0.366 e. The quantitative estimate of drug-likeness (QED) is 0.687. The van der Waals surface area contributed by atoms with Crippen LogP contribution in [0.15, 0.2) is 46.9 Å². The Labute approximate surface area is 143 Å². The van der Waals surface area contributed by atoms with Crippen LogP contribution in [0.3, 0.4) is 0 Å². The molecule has 2 aromatic carbocycles. The van der Waals surface area contributed by atoms with Crippen molar-refractivity contribution in [3.63, 3.8) is 0 Å². The second-order valence-electron chi connectivity index (χ2n) is 6.10. The van der Waals surface area contributed by atoms with Gasteiger partial charge in [0.05, 0.1) is 0 Å². The number of hydrogen-bond donors (Lipinski definition) is 2. The van der Waals surface area contributed by atoms with Crippen molar-refractivity contribution in [2.75, 3.05) is 0 Å². The van der Waals surface area contributed by atoms with E-state index in [9.17, 15) is 4.79 Å². The number of nitrogens with one attached hydrogen (secondary N) is 1. The zero-order valence-electron chi connectivity index (χ0n) is 12.6. The Bertz CT molecular complexity index is 913. The number of aromatic nitrogens is 1. The Balaban J connectivity index is 1.92. The van der Waals surface area contributed by atoms with Gasteiger partial charge in [-0.05, 0) is 54.7 Å². The molecule has 4 rings (SSSR count). The van der Waals surface area contributed by atoms with Crippen molar-refractivity contribution < 1.29 is 4.79 Å². The van der Waals surface area contributed by atoms with Crippen molar-refractivity contribution in [1.29, 1.82) is 0 Å². The molecule has 3 aromatic rings. The lowest BCUT2D eigenvalue weighted by Crippen LogP contribution is -2.18. The van der Waals surface area contributed by atoms with Crippen LogP contribution in [0, 0.1) is 0 Å². The van der Waals surface area contributed by atoms with Crippen LogP contribution in [0.25, 0.3) is 10.9 Å².